The number of hydrogen-bond donors (Lipinski definition) is 0. The van der Waals surface area contributed by atoms with Crippen LogP contribution in [0.15, 0.2) is 35.3 Å². The van der Waals surface area contributed by atoms with Gasteiger partial charge in [0.15, 0.2) is 0 Å². The first-order valence-corrected chi connectivity index (χ1v) is 7.48. The summed E-state index contributed by atoms with van der Waals surface area (Å²) in [7, 11) is 0.0593. The van der Waals surface area contributed by atoms with E-state index in [1.807, 2.05) is 0 Å². The summed E-state index contributed by atoms with van der Waals surface area (Å²) in [6, 6.07) is 10.7. The summed E-state index contributed by atoms with van der Waals surface area (Å²) >= 11 is 0. The van der Waals surface area contributed by atoms with E-state index in [4.69, 9.17) is 0 Å². The molecule has 0 aromatic heterocycles. The molecule has 0 fully saturated rings. The van der Waals surface area contributed by atoms with Gasteiger partial charge in [0, 0.05) is 6.54 Å². The third-order valence-corrected chi connectivity index (χ3v) is 5.34. The Morgan fingerprint density at radius 1 is 1.27 bits per heavy atom. The first kappa shape index (κ1) is 10.8. The minimum Gasteiger partial charge on any atom is -0.284 e. The Hall–Kier alpha value is -0.680. The van der Waals surface area contributed by atoms with Gasteiger partial charge in [0.25, 0.3) is 0 Å². The van der Waals surface area contributed by atoms with Crippen molar-refractivity contribution in [3.63, 3.8) is 0 Å². The average molecular weight is 219 g/mol. The van der Waals surface area contributed by atoms with E-state index in [-0.39, 0.29) is 7.92 Å². The van der Waals surface area contributed by atoms with Gasteiger partial charge >= 0.3 is 0 Å². The van der Waals surface area contributed by atoms with Gasteiger partial charge in [0.1, 0.15) is 0 Å². The molecule has 0 N–H and O–H groups in total. The molecule has 2 rings (SSSR count). The summed E-state index contributed by atoms with van der Waals surface area (Å²) in [5.41, 5.74) is 2.77. The Balaban J connectivity index is 2.08. The number of unbranched alkanes of at least 4 members (excludes halogenated alkanes) is 1. The predicted octanol–water partition coefficient (Wildman–Crippen LogP) is 3.73. The van der Waals surface area contributed by atoms with E-state index in [1.165, 1.54) is 36.2 Å². The second kappa shape index (κ2) is 5.42. The first-order valence-electron chi connectivity index (χ1n) is 5.76. The van der Waals surface area contributed by atoms with Gasteiger partial charge in [-0.3, -0.25) is 4.99 Å². The highest BCUT2D eigenvalue weighted by Gasteiger charge is 2.20. The van der Waals surface area contributed by atoms with E-state index in [0.717, 1.165) is 6.54 Å². The molecule has 0 amide bonds. The summed E-state index contributed by atoms with van der Waals surface area (Å²) in [5, 5.41) is 0. The maximum atomic E-state index is 4.69. The Morgan fingerprint density at radius 2 is 2.07 bits per heavy atom. The zero-order valence-electron chi connectivity index (χ0n) is 9.32. The molecule has 1 aliphatic heterocycles. The van der Waals surface area contributed by atoms with Gasteiger partial charge in [-0.05, 0) is 24.3 Å². The summed E-state index contributed by atoms with van der Waals surface area (Å²) in [5.74, 6) is 0. The molecule has 1 aliphatic rings. The van der Waals surface area contributed by atoms with Gasteiger partial charge in [-0.15, -0.1) is 0 Å². The largest absolute Gasteiger partial charge is 0.284 e. The second-order valence-electron chi connectivity index (χ2n) is 3.91. The molecule has 0 saturated carbocycles. The molecule has 0 saturated heterocycles. The van der Waals surface area contributed by atoms with Crippen LogP contribution in [0.25, 0.3) is 0 Å². The zero-order valence-corrected chi connectivity index (χ0v) is 10.2. The lowest BCUT2D eigenvalue weighted by Crippen LogP contribution is -1.98. The van der Waals surface area contributed by atoms with Gasteiger partial charge in [-0.2, -0.15) is 0 Å². The number of rotatable bonds is 4. The minimum atomic E-state index is 0.0593. The lowest BCUT2D eigenvalue weighted by atomic mass is 10.2. The molecule has 15 heavy (non-hydrogen) atoms. The number of nitrogens with zero attached hydrogens (tertiary/aromatic N) is 1. The van der Waals surface area contributed by atoms with E-state index in [2.05, 4.69) is 42.2 Å². The highest BCUT2D eigenvalue weighted by molar-refractivity contribution is 7.76. The van der Waals surface area contributed by atoms with E-state index in [9.17, 15) is 0 Å². The van der Waals surface area contributed by atoms with Crippen LogP contribution in [0.1, 0.15) is 25.3 Å². The fraction of sp³-hybridized carbons (Fsp3) is 0.462. The highest BCUT2D eigenvalue weighted by atomic mass is 31.1. The molecular formula is C13H18NP. The van der Waals surface area contributed by atoms with Crippen LogP contribution < -0.4 is 0 Å². The van der Waals surface area contributed by atoms with Crippen LogP contribution >= 0.6 is 7.92 Å². The predicted molar refractivity (Wildman–Crippen MR) is 69.4 cm³/mol. The molecule has 0 spiro atoms. The summed E-state index contributed by atoms with van der Waals surface area (Å²) in [6.45, 7) is 3.32. The van der Waals surface area contributed by atoms with Gasteiger partial charge in [-0.1, -0.05) is 51.6 Å². The molecule has 0 aliphatic carbocycles. The molecule has 0 bridgehead atoms. The fourth-order valence-corrected chi connectivity index (χ4v) is 4.41. The minimum absolute atomic E-state index is 0.0593. The Bertz CT molecular complexity index is 332. The standard InChI is InChI=1S/C13H18NP/c1-2-3-10-15-11-9-14-13(15)12-7-5-4-6-8-12/h4-8H,2-3,9-11H2,1H3. The van der Waals surface area contributed by atoms with Crippen molar-refractivity contribution < 1.29 is 0 Å². The van der Waals surface area contributed by atoms with Crippen LogP contribution in [0.5, 0.6) is 0 Å². The molecule has 80 valence electrons. The zero-order chi connectivity index (χ0) is 10.5. The smallest absolute Gasteiger partial charge is 0.0648 e. The highest BCUT2D eigenvalue weighted by Crippen LogP contribution is 2.44. The number of aliphatic imine (C=N–C) groups is 1. The number of benzene rings is 1. The van der Waals surface area contributed by atoms with Crippen molar-refractivity contribution in [2.24, 2.45) is 4.99 Å². The van der Waals surface area contributed by atoms with Gasteiger partial charge < -0.3 is 0 Å². The third kappa shape index (κ3) is 2.66. The summed E-state index contributed by atoms with van der Waals surface area (Å²) in [6.07, 6.45) is 5.36. The Kier molecular flexibility index (Phi) is 3.91. The normalized spacial score (nSPS) is 20.3. The Morgan fingerprint density at radius 3 is 2.80 bits per heavy atom. The van der Waals surface area contributed by atoms with Crippen molar-refractivity contribution in [1.82, 2.24) is 0 Å². The van der Waals surface area contributed by atoms with Crippen molar-refractivity contribution in [2.45, 2.75) is 19.8 Å². The van der Waals surface area contributed by atoms with Crippen LogP contribution in [-0.2, 0) is 0 Å². The van der Waals surface area contributed by atoms with Crippen molar-refractivity contribution >= 4 is 13.4 Å². The molecule has 1 nitrogen and oxygen atoms in total. The van der Waals surface area contributed by atoms with Gasteiger partial charge in [-0.25, -0.2) is 0 Å². The van der Waals surface area contributed by atoms with Crippen LogP contribution in [0.2, 0.25) is 0 Å². The van der Waals surface area contributed by atoms with Gasteiger partial charge in [0.2, 0.25) is 0 Å². The second-order valence-corrected chi connectivity index (χ2v) is 6.31. The topological polar surface area (TPSA) is 12.4 Å². The lowest BCUT2D eigenvalue weighted by Gasteiger charge is -2.12. The van der Waals surface area contributed by atoms with Crippen LogP contribution in [0, 0.1) is 0 Å². The Labute approximate surface area is 93.4 Å². The number of hydrogen-bond acceptors (Lipinski definition) is 1. The molecule has 0 radical (unpaired) electrons. The van der Waals surface area contributed by atoms with Crippen LogP contribution in [-0.4, -0.2) is 24.3 Å². The SMILES string of the molecule is CCCCP1CCN=C1c1ccccc1. The molecule has 1 unspecified atom stereocenters. The lowest BCUT2D eigenvalue weighted by molar-refractivity contribution is 0.892. The first-order chi connectivity index (χ1) is 7.42. The maximum absolute atomic E-state index is 4.69. The van der Waals surface area contributed by atoms with Crippen molar-refractivity contribution in [2.75, 3.05) is 18.9 Å². The van der Waals surface area contributed by atoms with E-state index >= 15 is 0 Å². The maximum Gasteiger partial charge on any atom is 0.0648 e. The average Bonchev–Trinajstić information content (AvgIpc) is 2.75. The third-order valence-electron chi connectivity index (χ3n) is 2.74. The van der Waals surface area contributed by atoms with Crippen molar-refractivity contribution in [3.8, 4) is 0 Å². The molecule has 1 aromatic rings. The van der Waals surface area contributed by atoms with E-state index in [1.54, 1.807) is 0 Å². The molecule has 1 atom stereocenters. The van der Waals surface area contributed by atoms with Crippen LogP contribution in [0.3, 0.4) is 0 Å². The molecular weight excluding hydrogens is 201 g/mol. The van der Waals surface area contributed by atoms with Crippen molar-refractivity contribution in [1.29, 1.82) is 0 Å². The summed E-state index contributed by atoms with van der Waals surface area (Å²) < 4.78 is 0. The molecule has 1 aromatic carbocycles. The summed E-state index contributed by atoms with van der Waals surface area (Å²) in [4.78, 5) is 4.69. The van der Waals surface area contributed by atoms with Gasteiger partial charge in [0.05, 0.1) is 5.45 Å². The van der Waals surface area contributed by atoms with Crippen LogP contribution in [0.4, 0.5) is 0 Å². The van der Waals surface area contributed by atoms with E-state index < -0.39 is 0 Å². The molecule has 1 heterocycles. The van der Waals surface area contributed by atoms with E-state index in [0.29, 0.717) is 0 Å². The van der Waals surface area contributed by atoms with Crippen molar-refractivity contribution in [3.05, 3.63) is 35.9 Å². The quantitative estimate of drug-likeness (QED) is 0.684. The fourth-order valence-electron chi connectivity index (χ4n) is 1.91. The molecule has 2 heteroatoms. The monoisotopic (exact) mass is 219 g/mol.